The molecule has 0 atom stereocenters. The fraction of sp³-hybridized carbons (Fsp3) is 0.0820. The number of hydrogen-bond donors (Lipinski definition) is 0. The molecule has 0 bridgehead atoms. The second-order valence-corrected chi connectivity index (χ2v) is 17.5. The second kappa shape index (κ2) is 15.4. The van der Waals surface area contributed by atoms with Gasteiger partial charge in [-0.25, -0.2) is 4.85 Å². The molecule has 11 aromatic rings. The smallest absolute Gasteiger partial charge is 0.197 e. The van der Waals surface area contributed by atoms with Crippen LogP contribution in [0.4, 0.5) is 5.69 Å². The third kappa shape index (κ3) is 6.50. The first-order valence-corrected chi connectivity index (χ1v) is 22.1. The van der Waals surface area contributed by atoms with Gasteiger partial charge in [0.2, 0.25) is 0 Å². The minimum Gasteiger partial charge on any atom is -0.310 e. The van der Waals surface area contributed by atoms with Crippen LogP contribution in [-0.2, 0) is 0 Å². The van der Waals surface area contributed by atoms with Crippen molar-refractivity contribution in [1.29, 1.82) is 5.26 Å². The number of rotatable bonds is 6. The highest BCUT2D eigenvalue weighted by molar-refractivity contribution is 6.14. The van der Waals surface area contributed by atoms with Gasteiger partial charge in [0.1, 0.15) is 0 Å². The van der Waals surface area contributed by atoms with Crippen LogP contribution in [0.5, 0.6) is 0 Å². The van der Waals surface area contributed by atoms with Crippen molar-refractivity contribution in [1.82, 2.24) is 9.13 Å². The first-order chi connectivity index (χ1) is 31.7. The average Bonchev–Trinajstić information content (AvgIpc) is 3.82. The lowest BCUT2D eigenvalue weighted by molar-refractivity contribution is 1.16. The summed E-state index contributed by atoms with van der Waals surface area (Å²) in [5.41, 5.74) is 21.8. The van der Waals surface area contributed by atoms with Crippen LogP contribution in [0.2, 0.25) is 0 Å². The number of nitrogens with zero attached hydrogens (tertiary/aromatic N) is 4. The Balaban J connectivity index is 1.25. The van der Waals surface area contributed by atoms with Crippen LogP contribution in [-0.4, -0.2) is 9.13 Å². The number of aryl methyl sites for hydroxylation is 5. The van der Waals surface area contributed by atoms with E-state index < -0.39 is 0 Å². The molecule has 0 saturated carbocycles. The minimum absolute atomic E-state index is 0.554. The molecule has 0 aliphatic heterocycles. The molecular weight excluding hydrogens is 789 g/mol. The van der Waals surface area contributed by atoms with E-state index in [9.17, 15) is 5.26 Å². The Hall–Kier alpha value is -8.44. The van der Waals surface area contributed by atoms with Crippen LogP contribution < -0.4 is 0 Å². The summed E-state index contributed by atoms with van der Waals surface area (Å²) in [6.45, 7) is 19.5. The van der Waals surface area contributed by atoms with Gasteiger partial charge in [0.15, 0.2) is 5.69 Å². The number of hydrogen-bond acceptors (Lipinski definition) is 1. The lowest BCUT2D eigenvalue weighted by Gasteiger charge is -2.23. The van der Waals surface area contributed by atoms with Crippen molar-refractivity contribution in [3.05, 3.63) is 221 Å². The highest BCUT2D eigenvalue weighted by Gasteiger charge is 2.26. The van der Waals surface area contributed by atoms with E-state index in [4.69, 9.17) is 6.57 Å². The molecule has 0 aliphatic carbocycles. The Morgan fingerprint density at radius 3 is 1.42 bits per heavy atom. The van der Waals surface area contributed by atoms with E-state index in [-0.39, 0.29) is 0 Å². The lowest BCUT2D eigenvalue weighted by Crippen LogP contribution is -2.04. The van der Waals surface area contributed by atoms with Gasteiger partial charge in [-0.15, -0.1) is 0 Å². The molecule has 0 spiro atoms. The van der Waals surface area contributed by atoms with E-state index in [1.54, 1.807) is 0 Å². The number of aromatic nitrogens is 2. The van der Waals surface area contributed by atoms with Crippen LogP contribution in [0.3, 0.4) is 0 Å². The maximum Gasteiger partial charge on any atom is 0.197 e. The van der Waals surface area contributed by atoms with Gasteiger partial charge in [-0.1, -0.05) is 138 Å². The molecule has 9 aromatic carbocycles. The quantitative estimate of drug-likeness (QED) is 0.154. The van der Waals surface area contributed by atoms with Crippen LogP contribution in [0.25, 0.3) is 104 Å². The van der Waals surface area contributed by atoms with Crippen LogP contribution >= 0.6 is 0 Å². The Morgan fingerprint density at radius 1 is 0.415 bits per heavy atom. The van der Waals surface area contributed by atoms with Crippen molar-refractivity contribution < 1.29 is 0 Å². The Morgan fingerprint density at radius 2 is 0.908 bits per heavy atom. The van der Waals surface area contributed by atoms with Gasteiger partial charge in [-0.05, 0) is 134 Å². The Bertz CT molecular complexity index is 3820. The van der Waals surface area contributed by atoms with E-state index >= 15 is 0 Å². The minimum atomic E-state index is 0.554. The van der Waals surface area contributed by atoms with Crippen molar-refractivity contribution in [2.24, 2.45) is 0 Å². The summed E-state index contributed by atoms with van der Waals surface area (Å²) < 4.78 is 4.74. The molecule has 0 amide bonds. The van der Waals surface area contributed by atoms with Crippen molar-refractivity contribution in [3.8, 4) is 62.0 Å². The van der Waals surface area contributed by atoms with Gasteiger partial charge in [0, 0.05) is 38.4 Å². The van der Waals surface area contributed by atoms with E-state index in [0.29, 0.717) is 11.3 Å². The molecule has 0 radical (unpaired) electrons. The summed E-state index contributed by atoms with van der Waals surface area (Å²) in [6.07, 6.45) is 0. The zero-order valence-corrected chi connectivity index (χ0v) is 37.0. The number of para-hydroxylation sites is 2. The third-order valence-corrected chi connectivity index (χ3v) is 13.0. The molecule has 0 fully saturated rings. The van der Waals surface area contributed by atoms with Gasteiger partial charge in [0.25, 0.3) is 0 Å². The first-order valence-electron chi connectivity index (χ1n) is 22.1. The van der Waals surface area contributed by atoms with Crippen molar-refractivity contribution in [2.75, 3.05) is 0 Å². The maximum atomic E-state index is 9.95. The number of nitriles is 1. The van der Waals surface area contributed by atoms with E-state index in [0.717, 1.165) is 82.8 Å². The topological polar surface area (TPSA) is 38.0 Å². The summed E-state index contributed by atoms with van der Waals surface area (Å²) in [5.74, 6) is 0. The zero-order valence-electron chi connectivity index (χ0n) is 37.0. The third-order valence-electron chi connectivity index (χ3n) is 13.0. The van der Waals surface area contributed by atoms with Crippen molar-refractivity contribution in [2.45, 2.75) is 34.6 Å². The molecule has 11 rings (SSSR count). The highest BCUT2D eigenvalue weighted by atomic mass is 15.0. The second-order valence-electron chi connectivity index (χ2n) is 17.5. The van der Waals surface area contributed by atoms with Gasteiger partial charge < -0.3 is 9.13 Å². The molecular formula is C61H44N4. The van der Waals surface area contributed by atoms with E-state index in [1.165, 1.54) is 44.5 Å². The summed E-state index contributed by atoms with van der Waals surface area (Å²) in [4.78, 5) is 4.32. The molecule has 0 unspecified atom stereocenters. The molecule has 0 aliphatic rings. The molecule has 0 N–H and O–H groups in total. The van der Waals surface area contributed by atoms with Gasteiger partial charge in [-0.2, -0.15) is 5.26 Å². The number of benzene rings is 9. The molecule has 65 heavy (non-hydrogen) atoms. The fourth-order valence-electron chi connectivity index (χ4n) is 10.4. The molecule has 4 heteroatoms. The fourth-order valence-corrected chi connectivity index (χ4v) is 10.4. The molecule has 2 aromatic heterocycles. The van der Waals surface area contributed by atoms with Gasteiger partial charge in [-0.3, -0.25) is 0 Å². The predicted molar refractivity (Wildman–Crippen MR) is 272 cm³/mol. The van der Waals surface area contributed by atoms with Crippen molar-refractivity contribution in [3.63, 3.8) is 0 Å². The molecule has 308 valence electrons. The summed E-state index contributed by atoms with van der Waals surface area (Å²) in [5, 5.41) is 14.5. The summed E-state index contributed by atoms with van der Waals surface area (Å²) in [7, 11) is 0. The largest absolute Gasteiger partial charge is 0.310 e. The molecule has 0 saturated heterocycles. The van der Waals surface area contributed by atoms with Crippen LogP contribution in [0.1, 0.15) is 33.4 Å². The van der Waals surface area contributed by atoms with Crippen molar-refractivity contribution >= 4 is 49.3 Å². The predicted octanol–water partition coefficient (Wildman–Crippen LogP) is 16.5. The van der Waals surface area contributed by atoms with E-state index in [2.05, 4.69) is 206 Å². The van der Waals surface area contributed by atoms with Gasteiger partial charge in [0.05, 0.1) is 46.0 Å². The Kier molecular flexibility index (Phi) is 9.35. The summed E-state index contributed by atoms with van der Waals surface area (Å²) >= 11 is 0. The van der Waals surface area contributed by atoms with E-state index in [1.807, 2.05) is 24.3 Å². The SMILES string of the molecule is [C-]#[N+]c1cccc(-n2c3ccccc3c3cc(-c4cc(C)cc(C)c4)ccc32)c1-c1c(-c2ccc(C#N)cc2C)cccc1-n1c2ccccc2c2cc(-c3cc(C)cc(C)c3)ccc21. The molecule has 2 heterocycles. The number of fused-ring (bicyclic) bond motifs is 6. The monoisotopic (exact) mass is 832 g/mol. The van der Waals surface area contributed by atoms with Gasteiger partial charge >= 0.3 is 0 Å². The average molecular weight is 833 g/mol. The Labute approximate surface area is 379 Å². The standard InChI is InChI=1S/C61H44N4/c1-37-27-38(2)30-45(29-37)43-22-25-56-51(34-43)48-13-7-9-17-54(48)64(56)58-19-11-15-50(47-24-21-42(36-62)33-41(47)5)60(58)61-53(63-6)16-12-20-59(61)65-55-18-10-8-14-49(55)52-35-44(23-26-57(52)65)46-31-39(3)28-40(4)32-46/h7-35H,1-5H3. The van der Waals surface area contributed by atoms with Crippen LogP contribution in [0, 0.1) is 52.5 Å². The molecule has 4 nitrogen and oxygen atoms in total. The lowest BCUT2D eigenvalue weighted by atomic mass is 9.88. The normalized spacial score (nSPS) is 11.4. The highest BCUT2D eigenvalue weighted by Crippen LogP contribution is 2.49. The maximum absolute atomic E-state index is 9.95. The first kappa shape index (κ1) is 39.4. The zero-order chi connectivity index (χ0) is 44.5. The summed E-state index contributed by atoms with van der Waals surface area (Å²) in [6, 6.07) is 65.3. The van der Waals surface area contributed by atoms with Crippen LogP contribution in [0.15, 0.2) is 176 Å².